The Morgan fingerprint density at radius 2 is 2.21 bits per heavy atom. The minimum atomic E-state index is -2.51. The van der Waals surface area contributed by atoms with E-state index in [1.807, 2.05) is 0 Å². The van der Waals surface area contributed by atoms with E-state index in [-0.39, 0.29) is 11.3 Å². The van der Waals surface area contributed by atoms with Gasteiger partial charge in [-0.15, -0.1) is 0 Å². The molecule has 76 valence electrons. The first kappa shape index (κ1) is 7.64. The summed E-state index contributed by atoms with van der Waals surface area (Å²) in [5, 5.41) is 26.9. The Kier molecular flexibility index (Phi) is 2.17. The molecule has 0 aliphatic rings. The van der Waals surface area contributed by atoms with E-state index in [0.29, 0.717) is 0 Å². The van der Waals surface area contributed by atoms with Crippen LogP contribution in [0.25, 0.3) is 0 Å². The van der Waals surface area contributed by atoms with E-state index in [1.54, 1.807) is 0 Å². The molecule has 5 N–H and O–H groups in total. The van der Waals surface area contributed by atoms with Gasteiger partial charge in [-0.2, -0.15) is 0 Å². The molecule has 0 saturated carbocycles. The van der Waals surface area contributed by atoms with Crippen molar-refractivity contribution >= 4 is 5.97 Å². The Balaban J connectivity index is 3.10. The fourth-order valence-electron chi connectivity index (χ4n) is 0.872. The Bertz CT molecular complexity index is 422. The molecule has 2 atom stereocenters. The van der Waals surface area contributed by atoms with Gasteiger partial charge in [-0.25, -0.2) is 0 Å². The summed E-state index contributed by atoms with van der Waals surface area (Å²) in [5.74, 6) is -2.52. The zero-order valence-electron chi connectivity index (χ0n) is 9.14. The fraction of sp³-hybridized carbons (Fsp3) is 0.222. The summed E-state index contributed by atoms with van der Waals surface area (Å²) in [6.07, 6.45) is -1.57. The van der Waals surface area contributed by atoms with Crippen LogP contribution >= 0.6 is 0 Å². The van der Waals surface area contributed by atoms with E-state index in [9.17, 15) is 9.90 Å². The largest absolute Gasteiger partial charge is 0.504 e. The summed E-state index contributed by atoms with van der Waals surface area (Å²) in [6, 6.07) is 0.825. The van der Waals surface area contributed by atoms with Gasteiger partial charge >= 0.3 is 5.97 Å². The van der Waals surface area contributed by atoms with Crippen LogP contribution in [0.4, 0.5) is 0 Å². The van der Waals surface area contributed by atoms with Crippen molar-refractivity contribution < 1.29 is 22.9 Å². The Morgan fingerprint density at radius 3 is 2.71 bits per heavy atom. The van der Waals surface area contributed by atoms with Crippen molar-refractivity contribution in [2.24, 2.45) is 5.73 Å². The van der Waals surface area contributed by atoms with Crippen molar-refractivity contribution in [1.82, 2.24) is 0 Å². The van der Waals surface area contributed by atoms with Crippen LogP contribution in [0.3, 0.4) is 0 Å². The van der Waals surface area contributed by atoms with Crippen LogP contribution < -0.4 is 5.73 Å². The summed E-state index contributed by atoms with van der Waals surface area (Å²) in [4.78, 5) is 10.6. The molecule has 0 saturated heterocycles. The molecule has 1 aromatic rings. The lowest BCUT2D eigenvalue weighted by Gasteiger charge is -2.06. The van der Waals surface area contributed by atoms with Gasteiger partial charge in [-0.1, -0.05) is 6.07 Å². The molecule has 0 fully saturated rings. The number of phenols is 2. The molecule has 0 spiro atoms. The number of aromatic hydroxyl groups is 2. The number of carboxylic acids is 1. The number of aliphatic carboxylic acids is 1. The lowest BCUT2D eigenvalue weighted by atomic mass is 10.1. The van der Waals surface area contributed by atoms with E-state index in [2.05, 4.69) is 0 Å². The number of nitrogens with two attached hydrogens (primary N) is 1. The SMILES string of the molecule is [2H][C@H](c1ccc(O)c(O)c1)[C@@]([2H])(N)C(=O)O. The minimum absolute atomic E-state index is 0.0372. The molecular formula is C9H11NO4. The van der Waals surface area contributed by atoms with E-state index in [4.69, 9.17) is 18.7 Å². The van der Waals surface area contributed by atoms with Crippen molar-refractivity contribution in [3.05, 3.63) is 23.8 Å². The van der Waals surface area contributed by atoms with Crippen molar-refractivity contribution in [3.63, 3.8) is 0 Å². The van der Waals surface area contributed by atoms with Crippen LogP contribution in [0, 0.1) is 0 Å². The van der Waals surface area contributed by atoms with Gasteiger partial charge in [-0.05, 0) is 24.1 Å². The summed E-state index contributed by atoms with van der Waals surface area (Å²) < 4.78 is 14.8. The Morgan fingerprint density at radius 1 is 1.57 bits per heavy atom. The minimum Gasteiger partial charge on any atom is -0.504 e. The molecular weight excluding hydrogens is 186 g/mol. The zero-order chi connectivity index (χ0) is 12.5. The maximum atomic E-state index is 10.6. The van der Waals surface area contributed by atoms with Crippen molar-refractivity contribution in [2.75, 3.05) is 0 Å². The van der Waals surface area contributed by atoms with Gasteiger partial charge < -0.3 is 21.1 Å². The molecule has 1 rings (SSSR count). The molecule has 5 nitrogen and oxygen atoms in total. The normalized spacial score (nSPS) is 18.9. The lowest BCUT2D eigenvalue weighted by molar-refractivity contribution is -0.138. The highest BCUT2D eigenvalue weighted by molar-refractivity contribution is 5.73. The van der Waals surface area contributed by atoms with Crippen LogP contribution in [-0.2, 0) is 11.2 Å². The summed E-state index contributed by atoms with van der Waals surface area (Å²) in [5.41, 5.74) is 5.20. The van der Waals surface area contributed by atoms with Gasteiger partial charge in [0.2, 0.25) is 0 Å². The second kappa shape index (κ2) is 3.97. The van der Waals surface area contributed by atoms with E-state index < -0.39 is 24.1 Å². The summed E-state index contributed by atoms with van der Waals surface area (Å²) in [6.45, 7) is 0. The molecule has 1 aromatic carbocycles. The van der Waals surface area contributed by atoms with Crippen molar-refractivity contribution in [3.8, 4) is 11.5 Å². The van der Waals surface area contributed by atoms with Crippen molar-refractivity contribution in [1.29, 1.82) is 0 Å². The Labute approximate surface area is 83.2 Å². The molecule has 0 radical (unpaired) electrons. The molecule has 0 aromatic heterocycles. The fourth-order valence-corrected chi connectivity index (χ4v) is 0.872. The first-order valence-electron chi connectivity index (χ1n) is 4.81. The van der Waals surface area contributed by atoms with Gasteiger partial charge in [0.1, 0.15) is 6.02 Å². The number of rotatable bonds is 3. The smallest absolute Gasteiger partial charge is 0.320 e. The second-order valence-electron chi connectivity index (χ2n) is 2.65. The lowest BCUT2D eigenvalue weighted by Crippen LogP contribution is -2.32. The molecule has 0 aliphatic heterocycles. The molecule has 5 heteroatoms. The third-order valence-electron chi connectivity index (χ3n) is 1.57. The van der Waals surface area contributed by atoms with Crippen LogP contribution in [-0.4, -0.2) is 27.3 Å². The van der Waals surface area contributed by atoms with E-state index in [1.165, 1.54) is 6.07 Å². The number of phenolic OH excluding ortho intramolecular Hbond substituents is 2. The van der Waals surface area contributed by atoms with Crippen LogP contribution in [0.5, 0.6) is 11.5 Å². The number of carboxylic acid groups (broad SMARTS) is 1. The second-order valence-corrected chi connectivity index (χ2v) is 2.65. The predicted molar refractivity (Wildman–Crippen MR) is 49.1 cm³/mol. The first-order valence-corrected chi connectivity index (χ1v) is 3.73. The highest BCUT2D eigenvalue weighted by atomic mass is 16.4. The molecule has 0 unspecified atom stereocenters. The number of hydrogen-bond acceptors (Lipinski definition) is 4. The highest BCUT2D eigenvalue weighted by Crippen LogP contribution is 2.25. The zero-order valence-corrected chi connectivity index (χ0v) is 7.14. The average Bonchev–Trinajstić information content (AvgIpc) is 2.20. The third kappa shape index (κ3) is 2.37. The molecule has 0 bridgehead atoms. The first-order chi connectivity index (χ1) is 7.26. The molecule has 0 amide bonds. The average molecular weight is 199 g/mol. The van der Waals surface area contributed by atoms with Gasteiger partial charge in [0.15, 0.2) is 11.5 Å². The number of hydrogen-bond donors (Lipinski definition) is 4. The van der Waals surface area contributed by atoms with Crippen LogP contribution in [0.1, 0.15) is 8.30 Å². The molecule has 0 heterocycles. The highest BCUT2D eigenvalue weighted by Gasteiger charge is 2.12. The topological polar surface area (TPSA) is 104 Å². The predicted octanol–water partition coefficient (Wildman–Crippen LogP) is 0.0522. The maximum Gasteiger partial charge on any atom is 0.320 e. The standard InChI is InChI=1S/C9H11NO4/c10-6(9(13)14)3-5-1-2-7(11)8(12)4-5/h1-2,4,6,11-12H,3,10H2,(H,13,14)/t6-/m1/s1/i3D,6D/t3-,6-. The summed E-state index contributed by atoms with van der Waals surface area (Å²) >= 11 is 0. The quantitative estimate of drug-likeness (QED) is 0.515. The van der Waals surface area contributed by atoms with E-state index in [0.717, 1.165) is 12.1 Å². The van der Waals surface area contributed by atoms with Gasteiger partial charge in [0.25, 0.3) is 0 Å². The molecule has 0 aliphatic carbocycles. The van der Waals surface area contributed by atoms with E-state index >= 15 is 0 Å². The third-order valence-corrected chi connectivity index (χ3v) is 1.57. The van der Waals surface area contributed by atoms with Gasteiger partial charge in [0.05, 0.1) is 1.37 Å². The number of carbonyl (C=O) groups is 1. The van der Waals surface area contributed by atoms with Gasteiger partial charge in [-0.3, -0.25) is 4.79 Å². The van der Waals surface area contributed by atoms with Crippen LogP contribution in [0.2, 0.25) is 0 Å². The monoisotopic (exact) mass is 199 g/mol. The maximum absolute atomic E-state index is 10.6. The number of benzene rings is 1. The summed E-state index contributed by atoms with van der Waals surface area (Å²) in [7, 11) is 0. The molecule has 14 heavy (non-hydrogen) atoms. The van der Waals surface area contributed by atoms with Crippen LogP contribution in [0.15, 0.2) is 18.2 Å². The van der Waals surface area contributed by atoms with Crippen molar-refractivity contribution in [2.45, 2.75) is 12.4 Å². The van der Waals surface area contributed by atoms with Gasteiger partial charge in [0, 0.05) is 1.37 Å². The Hall–Kier alpha value is -1.75.